The maximum Gasteiger partial charge on any atom is 0.106 e. The van der Waals surface area contributed by atoms with Crippen LogP contribution >= 0.6 is 31.9 Å². The van der Waals surface area contributed by atoms with Gasteiger partial charge in [0.1, 0.15) is 4.60 Å². The van der Waals surface area contributed by atoms with Gasteiger partial charge in [-0.25, -0.2) is 4.98 Å². The van der Waals surface area contributed by atoms with Crippen molar-refractivity contribution in [3.8, 4) is 0 Å². The van der Waals surface area contributed by atoms with Crippen molar-refractivity contribution in [2.24, 2.45) is 0 Å². The zero-order valence-corrected chi connectivity index (χ0v) is 12.5. The van der Waals surface area contributed by atoms with Crippen LogP contribution in [0.15, 0.2) is 45.5 Å². The normalized spacial score (nSPS) is 10.3. The molecule has 1 N–H and O–H groups in total. The fraction of sp³-hybridized carbons (Fsp3) is 0.154. The van der Waals surface area contributed by atoms with E-state index in [0.717, 1.165) is 20.5 Å². The van der Waals surface area contributed by atoms with Crippen molar-refractivity contribution in [2.45, 2.75) is 13.5 Å². The number of nitrogens with zero attached hydrogens (tertiary/aromatic N) is 1. The van der Waals surface area contributed by atoms with E-state index in [4.69, 9.17) is 0 Å². The summed E-state index contributed by atoms with van der Waals surface area (Å²) in [6.45, 7) is 2.79. The molecule has 0 radical (unpaired) electrons. The van der Waals surface area contributed by atoms with Crippen LogP contribution in [0.2, 0.25) is 0 Å². The Morgan fingerprint density at radius 1 is 1.12 bits per heavy atom. The highest BCUT2D eigenvalue weighted by atomic mass is 79.9. The van der Waals surface area contributed by atoms with E-state index < -0.39 is 0 Å². The Bertz CT molecular complexity index is 527. The minimum Gasteiger partial charge on any atom is -0.378 e. The molecule has 0 saturated heterocycles. The van der Waals surface area contributed by atoms with E-state index >= 15 is 0 Å². The molecule has 1 aromatic carbocycles. The molecule has 88 valence electrons. The summed E-state index contributed by atoms with van der Waals surface area (Å²) in [6, 6.07) is 12.1. The first-order chi connectivity index (χ1) is 8.16. The van der Waals surface area contributed by atoms with Crippen LogP contribution in [-0.4, -0.2) is 4.98 Å². The van der Waals surface area contributed by atoms with Gasteiger partial charge in [-0.2, -0.15) is 0 Å². The third-order valence-electron chi connectivity index (χ3n) is 2.42. The van der Waals surface area contributed by atoms with Crippen LogP contribution in [0.25, 0.3) is 0 Å². The molecular formula is C13H12Br2N2. The molecule has 2 nitrogen and oxygen atoms in total. The van der Waals surface area contributed by atoms with Crippen molar-refractivity contribution in [2.75, 3.05) is 5.32 Å². The van der Waals surface area contributed by atoms with Gasteiger partial charge in [0, 0.05) is 10.2 Å². The van der Waals surface area contributed by atoms with Gasteiger partial charge < -0.3 is 5.32 Å². The lowest BCUT2D eigenvalue weighted by Crippen LogP contribution is -2.02. The van der Waals surface area contributed by atoms with Crippen molar-refractivity contribution in [3.63, 3.8) is 0 Å². The van der Waals surface area contributed by atoms with Crippen molar-refractivity contribution in [3.05, 3.63) is 56.7 Å². The quantitative estimate of drug-likeness (QED) is 0.818. The van der Waals surface area contributed by atoms with Crippen LogP contribution in [-0.2, 0) is 6.54 Å². The summed E-state index contributed by atoms with van der Waals surface area (Å²) >= 11 is 6.94. The third kappa shape index (κ3) is 3.30. The van der Waals surface area contributed by atoms with Crippen molar-refractivity contribution in [1.29, 1.82) is 0 Å². The number of aromatic nitrogens is 1. The second-order valence-corrected chi connectivity index (χ2v) is 5.35. The fourth-order valence-corrected chi connectivity index (χ4v) is 2.30. The Labute approximate surface area is 118 Å². The van der Waals surface area contributed by atoms with E-state index in [1.54, 1.807) is 0 Å². The molecule has 0 aliphatic rings. The summed E-state index contributed by atoms with van der Waals surface area (Å²) in [5, 5.41) is 3.37. The summed E-state index contributed by atoms with van der Waals surface area (Å²) < 4.78 is 1.97. The number of nitrogens with one attached hydrogen (secondary N) is 1. The third-order valence-corrected chi connectivity index (χ3v) is 3.92. The van der Waals surface area contributed by atoms with Crippen molar-refractivity contribution in [1.82, 2.24) is 4.98 Å². The van der Waals surface area contributed by atoms with Gasteiger partial charge >= 0.3 is 0 Å². The maximum atomic E-state index is 4.38. The summed E-state index contributed by atoms with van der Waals surface area (Å²) in [4.78, 5) is 4.38. The molecule has 0 atom stereocenters. The van der Waals surface area contributed by atoms with E-state index in [1.165, 1.54) is 5.56 Å². The Balaban J connectivity index is 2.10. The standard InChI is InChI=1S/C13H12Br2N2/c1-9-4-2-6-11(13(9)15)16-8-10-5-3-7-12(14)17-10/h2-7,16H,8H2,1H3. The minimum atomic E-state index is 0.710. The first kappa shape index (κ1) is 12.6. The number of anilines is 1. The molecular weight excluding hydrogens is 344 g/mol. The van der Waals surface area contributed by atoms with Crippen molar-refractivity contribution >= 4 is 37.5 Å². The SMILES string of the molecule is Cc1cccc(NCc2cccc(Br)n2)c1Br. The van der Waals surface area contributed by atoms with Gasteiger partial charge in [-0.1, -0.05) is 18.2 Å². The molecule has 0 spiro atoms. The Hall–Kier alpha value is -0.870. The zero-order valence-electron chi connectivity index (χ0n) is 9.37. The zero-order chi connectivity index (χ0) is 12.3. The molecule has 0 unspecified atom stereocenters. The Morgan fingerprint density at radius 3 is 2.65 bits per heavy atom. The molecule has 0 saturated carbocycles. The number of benzene rings is 1. The van der Waals surface area contributed by atoms with Gasteiger partial charge in [0.25, 0.3) is 0 Å². The van der Waals surface area contributed by atoms with Gasteiger partial charge in [0.2, 0.25) is 0 Å². The molecule has 0 aliphatic heterocycles. The summed E-state index contributed by atoms with van der Waals surface area (Å²) in [7, 11) is 0. The molecule has 1 aromatic heterocycles. The lowest BCUT2D eigenvalue weighted by Gasteiger charge is -2.09. The van der Waals surface area contributed by atoms with Crippen LogP contribution in [0.1, 0.15) is 11.3 Å². The minimum absolute atomic E-state index is 0.710. The van der Waals surface area contributed by atoms with Crippen LogP contribution in [0, 0.1) is 6.92 Å². The highest BCUT2D eigenvalue weighted by Gasteiger charge is 2.02. The molecule has 2 rings (SSSR count). The lowest BCUT2D eigenvalue weighted by molar-refractivity contribution is 1.03. The van der Waals surface area contributed by atoms with Crippen LogP contribution < -0.4 is 5.32 Å². The topological polar surface area (TPSA) is 24.9 Å². The smallest absolute Gasteiger partial charge is 0.106 e. The highest BCUT2D eigenvalue weighted by Crippen LogP contribution is 2.26. The highest BCUT2D eigenvalue weighted by molar-refractivity contribution is 9.10. The number of aryl methyl sites for hydroxylation is 1. The summed E-state index contributed by atoms with van der Waals surface area (Å²) in [5.41, 5.74) is 3.32. The number of halogens is 2. The summed E-state index contributed by atoms with van der Waals surface area (Å²) in [5.74, 6) is 0. The number of pyridine rings is 1. The molecule has 1 heterocycles. The van der Waals surface area contributed by atoms with E-state index in [-0.39, 0.29) is 0 Å². The lowest BCUT2D eigenvalue weighted by atomic mass is 10.2. The van der Waals surface area contributed by atoms with E-state index in [2.05, 4.69) is 61.2 Å². The second-order valence-electron chi connectivity index (χ2n) is 3.74. The monoisotopic (exact) mass is 354 g/mol. The van der Waals surface area contributed by atoms with Crippen LogP contribution in [0.4, 0.5) is 5.69 Å². The number of rotatable bonds is 3. The van der Waals surface area contributed by atoms with Gasteiger partial charge in [-0.15, -0.1) is 0 Å². The van der Waals surface area contributed by atoms with E-state index in [9.17, 15) is 0 Å². The van der Waals surface area contributed by atoms with Gasteiger partial charge in [0.05, 0.1) is 12.2 Å². The van der Waals surface area contributed by atoms with Crippen molar-refractivity contribution < 1.29 is 0 Å². The Morgan fingerprint density at radius 2 is 1.88 bits per heavy atom. The molecule has 0 bridgehead atoms. The van der Waals surface area contributed by atoms with Crippen LogP contribution in [0.3, 0.4) is 0 Å². The maximum absolute atomic E-state index is 4.38. The predicted octanol–water partition coefficient (Wildman–Crippen LogP) is 4.53. The van der Waals surface area contributed by atoms with E-state index in [0.29, 0.717) is 6.54 Å². The largest absolute Gasteiger partial charge is 0.378 e. The van der Waals surface area contributed by atoms with E-state index in [1.807, 2.05) is 24.3 Å². The van der Waals surface area contributed by atoms with Gasteiger partial charge in [0.15, 0.2) is 0 Å². The summed E-state index contributed by atoms with van der Waals surface area (Å²) in [6.07, 6.45) is 0. The van der Waals surface area contributed by atoms with Gasteiger partial charge in [-0.3, -0.25) is 0 Å². The average Bonchev–Trinajstić information content (AvgIpc) is 2.31. The molecule has 2 aromatic rings. The van der Waals surface area contributed by atoms with Crippen LogP contribution in [0.5, 0.6) is 0 Å². The first-order valence-corrected chi connectivity index (χ1v) is 6.86. The predicted molar refractivity (Wildman–Crippen MR) is 78.1 cm³/mol. The van der Waals surface area contributed by atoms with Gasteiger partial charge in [-0.05, 0) is 62.5 Å². The molecule has 17 heavy (non-hydrogen) atoms. The second kappa shape index (κ2) is 5.65. The molecule has 0 fully saturated rings. The molecule has 0 aliphatic carbocycles. The molecule has 4 heteroatoms. The number of hydrogen-bond donors (Lipinski definition) is 1. The average molecular weight is 356 g/mol. The molecule has 0 amide bonds. The number of hydrogen-bond acceptors (Lipinski definition) is 2. The first-order valence-electron chi connectivity index (χ1n) is 5.27. The Kier molecular flexibility index (Phi) is 4.18. The fourth-order valence-electron chi connectivity index (χ4n) is 1.52.